The highest BCUT2D eigenvalue weighted by Crippen LogP contribution is 2.27. The average molecular weight is 436 g/mol. The molecule has 1 aliphatic heterocycles. The molecule has 3 aromatic rings. The molecule has 1 unspecified atom stereocenters. The fourth-order valence-corrected chi connectivity index (χ4v) is 4.85. The van der Waals surface area contributed by atoms with Crippen molar-refractivity contribution in [1.82, 2.24) is 25.0 Å². The molecule has 0 spiro atoms. The van der Waals surface area contributed by atoms with E-state index in [0.717, 1.165) is 36.6 Å². The molecule has 1 atom stereocenters. The van der Waals surface area contributed by atoms with Crippen LogP contribution in [-0.4, -0.2) is 57.0 Å². The average Bonchev–Trinajstić information content (AvgIpc) is 3.26. The summed E-state index contributed by atoms with van der Waals surface area (Å²) in [7, 11) is 0. The van der Waals surface area contributed by atoms with E-state index >= 15 is 0 Å². The molecule has 0 bridgehead atoms. The van der Waals surface area contributed by atoms with Crippen LogP contribution in [0.2, 0.25) is 0 Å². The van der Waals surface area contributed by atoms with E-state index in [9.17, 15) is 4.79 Å². The van der Waals surface area contributed by atoms with Crippen LogP contribution in [0.1, 0.15) is 26.2 Å². The number of likely N-dealkylation sites (tertiary alicyclic amines) is 1. The minimum Gasteiger partial charge on any atom is -0.354 e. The van der Waals surface area contributed by atoms with Gasteiger partial charge in [-0.1, -0.05) is 73.6 Å². The minimum atomic E-state index is 0.0375. The number of para-hydroxylation sites is 1. The Kier molecular flexibility index (Phi) is 7.38. The molecule has 1 aromatic heterocycles. The Bertz CT molecular complexity index is 976. The fraction of sp³-hybridized carbons (Fsp3) is 0.375. The maximum absolute atomic E-state index is 12.6. The highest BCUT2D eigenvalue weighted by atomic mass is 32.2. The van der Waals surface area contributed by atoms with Crippen molar-refractivity contribution in [2.45, 2.75) is 37.4 Å². The smallest absolute Gasteiger partial charge is 0.230 e. The Morgan fingerprint density at radius 1 is 1.06 bits per heavy atom. The molecule has 6 nitrogen and oxygen atoms in total. The van der Waals surface area contributed by atoms with Gasteiger partial charge in [-0.25, -0.2) is 0 Å². The van der Waals surface area contributed by atoms with Gasteiger partial charge in [-0.2, -0.15) is 0 Å². The Balaban J connectivity index is 1.45. The lowest BCUT2D eigenvalue weighted by Gasteiger charge is -2.34. The van der Waals surface area contributed by atoms with E-state index in [1.54, 1.807) is 0 Å². The van der Waals surface area contributed by atoms with Crippen LogP contribution in [0.3, 0.4) is 0 Å². The predicted octanol–water partition coefficient (Wildman–Crippen LogP) is 4.02. The van der Waals surface area contributed by atoms with Gasteiger partial charge in [-0.05, 0) is 38.1 Å². The van der Waals surface area contributed by atoms with Gasteiger partial charge in [0.25, 0.3) is 0 Å². The highest BCUT2D eigenvalue weighted by molar-refractivity contribution is 7.99. The molecule has 1 N–H and O–H groups in total. The van der Waals surface area contributed by atoms with Gasteiger partial charge >= 0.3 is 0 Å². The maximum Gasteiger partial charge on any atom is 0.230 e. The van der Waals surface area contributed by atoms with Gasteiger partial charge in [0.2, 0.25) is 5.91 Å². The van der Waals surface area contributed by atoms with Gasteiger partial charge in [0.15, 0.2) is 11.0 Å². The molecule has 2 heterocycles. The van der Waals surface area contributed by atoms with Crippen molar-refractivity contribution in [2.75, 3.05) is 25.4 Å². The zero-order valence-electron chi connectivity index (χ0n) is 17.9. The third-order valence-electron chi connectivity index (χ3n) is 5.70. The van der Waals surface area contributed by atoms with Gasteiger partial charge in [-0.15, -0.1) is 10.2 Å². The molecule has 31 heavy (non-hydrogen) atoms. The third kappa shape index (κ3) is 5.35. The molecule has 1 amide bonds. The van der Waals surface area contributed by atoms with Crippen LogP contribution >= 0.6 is 11.8 Å². The maximum atomic E-state index is 12.6. The number of likely N-dealkylation sites (N-methyl/N-ethyl adjacent to an activating group) is 1. The van der Waals surface area contributed by atoms with Crippen LogP contribution < -0.4 is 5.32 Å². The normalized spacial score (nSPS) is 16.9. The molecule has 1 aliphatic rings. The first-order valence-electron chi connectivity index (χ1n) is 11.0. The first-order chi connectivity index (χ1) is 15.3. The zero-order chi connectivity index (χ0) is 21.5. The van der Waals surface area contributed by atoms with Crippen LogP contribution in [0, 0.1) is 0 Å². The Morgan fingerprint density at radius 2 is 1.81 bits per heavy atom. The second kappa shape index (κ2) is 10.6. The summed E-state index contributed by atoms with van der Waals surface area (Å²) in [4.78, 5) is 15.0. The van der Waals surface area contributed by atoms with Gasteiger partial charge < -0.3 is 5.32 Å². The van der Waals surface area contributed by atoms with Crippen molar-refractivity contribution in [3.05, 3.63) is 60.7 Å². The Morgan fingerprint density at radius 3 is 2.55 bits per heavy atom. The van der Waals surface area contributed by atoms with Crippen LogP contribution in [-0.2, 0) is 4.79 Å². The number of hydrogen-bond acceptors (Lipinski definition) is 5. The summed E-state index contributed by atoms with van der Waals surface area (Å²) in [5, 5.41) is 12.7. The van der Waals surface area contributed by atoms with E-state index in [1.807, 2.05) is 65.2 Å². The van der Waals surface area contributed by atoms with Crippen molar-refractivity contribution in [3.63, 3.8) is 0 Å². The summed E-state index contributed by atoms with van der Waals surface area (Å²) in [6, 6.07) is 20.5. The molecule has 4 rings (SSSR count). The van der Waals surface area contributed by atoms with Gasteiger partial charge in [-0.3, -0.25) is 14.3 Å². The molecule has 7 heteroatoms. The molecular weight excluding hydrogens is 406 g/mol. The van der Waals surface area contributed by atoms with Crippen molar-refractivity contribution < 1.29 is 4.79 Å². The second-order valence-electron chi connectivity index (χ2n) is 7.71. The summed E-state index contributed by atoms with van der Waals surface area (Å²) in [5.74, 6) is 1.13. The van der Waals surface area contributed by atoms with E-state index in [-0.39, 0.29) is 5.91 Å². The van der Waals surface area contributed by atoms with Crippen LogP contribution in [0.5, 0.6) is 0 Å². The number of piperidine rings is 1. The van der Waals surface area contributed by atoms with Gasteiger partial charge in [0.1, 0.15) is 0 Å². The number of nitrogens with zero attached hydrogens (tertiary/aromatic N) is 4. The number of rotatable bonds is 8. The first-order valence-corrected chi connectivity index (χ1v) is 11.9. The first kappa shape index (κ1) is 21.6. The van der Waals surface area contributed by atoms with E-state index < -0.39 is 0 Å². The van der Waals surface area contributed by atoms with Crippen LogP contribution in [0.4, 0.5) is 0 Å². The van der Waals surface area contributed by atoms with E-state index in [2.05, 4.69) is 27.3 Å². The van der Waals surface area contributed by atoms with Crippen molar-refractivity contribution in [2.24, 2.45) is 0 Å². The monoisotopic (exact) mass is 435 g/mol. The Labute approximate surface area is 188 Å². The number of amides is 1. The number of carbonyl (C=O) groups is 1. The summed E-state index contributed by atoms with van der Waals surface area (Å²) in [5.41, 5.74) is 1.97. The molecule has 0 radical (unpaired) electrons. The molecule has 0 aliphatic carbocycles. The molecular formula is C24H29N5OS. The summed E-state index contributed by atoms with van der Waals surface area (Å²) in [6.45, 7) is 5.08. The lowest BCUT2D eigenvalue weighted by Crippen LogP contribution is -2.46. The molecule has 162 valence electrons. The van der Waals surface area contributed by atoms with Crippen molar-refractivity contribution >= 4 is 17.7 Å². The predicted molar refractivity (Wildman–Crippen MR) is 125 cm³/mol. The van der Waals surface area contributed by atoms with E-state index in [0.29, 0.717) is 23.5 Å². The van der Waals surface area contributed by atoms with Gasteiger partial charge in [0, 0.05) is 23.8 Å². The number of aromatic nitrogens is 3. The zero-order valence-corrected chi connectivity index (χ0v) is 18.7. The number of benzene rings is 2. The summed E-state index contributed by atoms with van der Waals surface area (Å²) in [6.07, 6.45) is 3.66. The second-order valence-corrected chi connectivity index (χ2v) is 8.66. The Hall–Kier alpha value is -2.64. The van der Waals surface area contributed by atoms with Crippen molar-refractivity contribution in [3.8, 4) is 17.1 Å². The lowest BCUT2D eigenvalue weighted by atomic mass is 10.0. The number of thioether (sulfide) groups is 1. The summed E-state index contributed by atoms with van der Waals surface area (Å²) < 4.78 is 2.02. The fourth-order valence-electron chi connectivity index (χ4n) is 4.07. The van der Waals surface area contributed by atoms with Crippen LogP contribution in [0.15, 0.2) is 65.8 Å². The van der Waals surface area contributed by atoms with Crippen molar-refractivity contribution in [1.29, 1.82) is 0 Å². The standard InChI is InChI=1S/C24H29N5OS/c1-2-28-16-10-9-15-21(28)17-25-22(30)18-31-24-27-26-23(19-11-5-3-6-12-19)29(24)20-13-7-4-8-14-20/h3-8,11-14,21H,2,9-10,15-18H2,1H3,(H,25,30). The molecule has 2 aromatic carbocycles. The third-order valence-corrected chi connectivity index (χ3v) is 6.63. The SMILES string of the molecule is CCN1CCCCC1CNC(=O)CSc1nnc(-c2ccccc2)n1-c1ccccc1. The van der Waals surface area contributed by atoms with Crippen LogP contribution in [0.25, 0.3) is 17.1 Å². The molecule has 1 fully saturated rings. The topological polar surface area (TPSA) is 63.1 Å². The van der Waals surface area contributed by atoms with E-state index in [1.165, 1.54) is 24.6 Å². The largest absolute Gasteiger partial charge is 0.354 e. The quantitative estimate of drug-likeness (QED) is 0.542. The number of hydrogen-bond donors (Lipinski definition) is 1. The van der Waals surface area contributed by atoms with Gasteiger partial charge in [0.05, 0.1) is 5.75 Å². The highest BCUT2D eigenvalue weighted by Gasteiger charge is 2.22. The summed E-state index contributed by atoms with van der Waals surface area (Å²) >= 11 is 1.42. The minimum absolute atomic E-state index is 0.0375. The molecule has 0 saturated carbocycles. The van der Waals surface area contributed by atoms with E-state index in [4.69, 9.17) is 0 Å². The number of carbonyl (C=O) groups excluding carboxylic acids is 1. The number of nitrogens with one attached hydrogen (secondary N) is 1. The lowest BCUT2D eigenvalue weighted by molar-refractivity contribution is -0.118. The molecule has 1 saturated heterocycles.